The molecule has 3 aromatic rings. The number of allylic oxidation sites excluding steroid dienone is 4. The second-order valence-electron chi connectivity index (χ2n) is 12.2. The first-order valence-electron chi connectivity index (χ1n) is 15.4. The molecule has 0 bridgehead atoms. The number of hydrogen-bond acceptors (Lipinski definition) is 7. The molecule has 0 fully saturated rings. The maximum absolute atomic E-state index is 13.4. The van der Waals surface area contributed by atoms with E-state index in [1.165, 1.54) is 0 Å². The van der Waals surface area contributed by atoms with Gasteiger partial charge in [0.15, 0.2) is 5.75 Å². The van der Waals surface area contributed by atoms with Gasteiger partial charge in [-0.3, -0.25) is 4.98 Å². The Hall–Kier alpha value is -5.16. The molecule has 1 aliphatic carbocycles. The van der Waals surface area contributed by atoms with E-state index in [1.807, 2.05) is 47.5 Å². The second kappa shape index (κ2) is 13.9. The summed E-state index contributed by atoms with van der Waals surface area (Å²) < 4.78 is 6.32. The summed E-state index contributed by atoms with van der Waals surface area (Å²) >= 11 is 0. The Labute approximate surface area is 269 Å². The van der Waals surface area contributed by atoms with Gasteiger partial charge in [-0.15, -0.1) is 0 Å². The number of aromatic nitrogens is 1. The summed E-state index contributed by atoms with van der Waals surface area (Å²) in [5, 5.41) is 28.4. The van der Waals surface area contributed by atoms with Gasteiger partial charge in [0, 0.05) is 54.4 Å². The maximum atomic E-state index is 13.4. The lowest BCUT2D eigenvalue weighted by Crippen LogP contribution is -2.45. The molecular weight excluding hydrogens is 582 g/mol. The lowest BCUT2D eigenvalue weighted by atomic mass is 9.88. The fourth-order valence-corrected chi connectivity index (χ4v) is 5.21. The van der Waals surface area contributed by atoms with Crippen molar-refractivity contribution in [3.8, 4) is 5.75 Å². The molecule has 0 radical (unpaired) electrons. The molecule has 0 saturated heterocycles. The maximum Gasteiger partial charge on any atom is 0.320 e. The number of ether oxygens (including phenoxy) is 1. The Balaban J connectivity index is 1.36. The number of carbonyl (C=O) groups excluding carboxylic acids is 2. The number of carbonyl (C=O) groups is 2. The number of amides is 4. The Morgan fingerprint density at radius 3 is 2.52 bits per heavy atom. The predicted octanol–water partition coefficient (Wildman–Crippen LogP) is 6.30. The summed E-state index contributed by atoms with van der Waals surface area (Å²) in [6.07, 6.45) is 8.94. The first-order valence-corrected chi connectivity index (χ1v) is 15.4. The number of fused-ring (bicyclic) bond motifs is 1. The van der Waals surface area contributed by atoms with Crippen LogP contribution in [0.3, 0.4) is 0 Å². The van der Waals surface area contributed by atoms with Crippen LogP contribution < -0.4 is 31.0 Å². The number of aliphatic hydroxyl groups is 1. The van der Waals surface area contributed by atoms with Gasteiger partial charge in [0.2, 0.25) is 0 Å². The average Bonchev–Trinajstić information content (AvgIpc) is 3.38. The number of aliphatic hydroxyl groups excluding tert-OH is 1. The van der Waals surface area contributed by atoms with Gasteiger partial charge in [0.1, 0.15) is 17.4 Å². The number of rotatable bonds is 8. The van der Waals surface area contributed by atoms with Crippen molar-refractivity contribution in [3.05, 3.63) is 95.5 Å². The van der Waals surface area contributed by atoms with Crippen LogP contribution in [0.15, 0.2) is 95.1 Å². The second-order valence-corrected chi connectivity index (χ2v) is 12.2. The van der Waals surface area contributed by atoms with Crippen LogP contribution >= 0.6 is 0 Å². The van der Waals surface area contributed by atoms with Gasteiger partial charge in [0.25, 0.3) is 0 Å². The molecular formula is C35H41N7O4. The first kappa shape index (κ1) is 32.2. The summed E-state index contributed by atoms with van der Waals surface area (Å²) in [4.78, 5) is 30.0. The van der Waals surface area contributed by atoms with Gasteiger partial charge in [0.05, 0.1) is 18.0 Å². The molecule has 11 heteroatoms. The van der Waals surface area contributed by atoms with Crippen LogP contribution in [0.4, 0.5) is 21.0 Å². The number of hydrogen-bond donors (Lipinski definition) is 5. The van der Waals surface area contributed by atoms with E-state index in [9.17, 15) is 14.7 Å². The summed E-state index contributed by atoms with van der Waals surface area (Å²) in [5.74, 6) is 1.05. The molecule has 2 aromatic carbocycles. The SMILES string of the molecule is CCC1=CC=C(Oc2ccc(NC(=O)NC3CC(C(C)(C)C)=NN3c3ccc(CO)cc3)c3cccnc23)C=C(NC(=O)NC)C1. The first-order chi connectivity index (χ1) is 22.1. The smallest absolute Gasteiger partial charge is 0.320 e. The highest BCUT2D eigenvalue weighted by Gasteiger charge is 2.34. The molecule has 1 aliphatic heterocycles. The van der Waals surface area contributed by atoms with Crippen LogP contribution in [-0.4, -0.2) is 41.1 Å². The highest BCUT2D eigenvalue weighted by Crippen LogP contribution is 2.33. The number of benzene rings is 2. The largest absolute Gasteiger partial charge is 0.455 e. The average molecular weight is 624 g/mol. The lowest BCUT2D eigenvalue weighted by Gasteiger charge is -2.25. The van der Waals surface area contributed by atoms with E-state index in [0.717, 1.165) is 29.0 Å². The van der Waals surface area contributed by atoms with Crippen LogP contribution in [-0.2, 0) is 6.61 Å². The Bertz CT molecular complexity index is 1740. The number of urea groups is 2. The lowest BCUT2D eigenvalue weighted by molar-refractivity contribution is 0.245. The monoisotopic (exact) mass is 623 g/mol. The number of pyridine rings is 1. The molecule has 1 unspecified atom stereocenters. The summed E-state index contributed by atoms with van der Waals surface area (Å²) in [5.41, 5.74) is 5.42. The number of hydrazone groups is 1. The fourth-order valence-electron chi connectivity index (χ4n) is 5.21. The van der Waals surface area contributed by atoms with Crippen LogP contribution in [0.25, 0.3) is 10.9 Å². The Morgan fingerprint density at radius 1 is 1.04 bits per heavy atom. The van der Waals surface area contributed by atoms with Crippen LogP contribution in [0.1, 0.15) is 52.5 Å². The molecule has 2 heterocycles. The van der Waals surface area contributed by atoms with Gasteiger partial charge < -0.3 is 31.1 Å². The predicted molar refractivity (Wildman–Crippen MR) is 181 cm³/mol. The highest BCUT2D eigenvalue weighted by molar-refractivity contribution is 6.03. The van der Waals surface area contributed by atoms with E-state index >= 15 is 0 Å². The molecule has 0 spiro atoms. The van der Waals surface area contributed by atoms with Crippen molar-refractivity contribution in [2.24, 2.45) is 10.5 Å². The minimum absolute atomic E-state index is 0.0470. The summed E-state index contributed by atoms with van der Waals surface area (Å²) in [6, 6.07) is 14.0. The standard InChI is InChI=1S/C35H41N7O4/c1-6-22-11-14-26(19-24(18-22)38-33(44)36-5)46-29-16-15-28(27-8-7-17-37-32(27)29)39-34(45)40-31-20-30(35(2,3)4)41-42(31)25-12-9-23(21-43)10-13-25/h7-17,19,31,43H,6,18,20-21H2,1-5H3,(H2,36,38,44)(H2,39,40,45). The van der Waals surface area contributed by atoms with Crippen molar-refractivity contribution in [3.63, 3.8) is 0 Å². The van der Waals surface area contributed by atoms with Gasteiger partial charge in [-0.2, -0.15) is 5.10 Å². The highest BCUT2D eigenvalue weighted by atomic mass is 16.5. The topological polar surface area (TPSA) is 140 Å². The molecule has 46 heavy (non-hydrogen) atoms. The van der Waals surface area contributed by atoms with E-state index in [0.29, 0.717) is 46.6 Å². The third-order valence-corrected chi connectivity index (χ3v) is 7.84. The fraction of sp³-hybridized carbons (Fsp3) is 0.314. The van der Waals surface area contributed by atoms with Crippen molar-refractivity contribution in [2.45, 2.75) is 59.7 Å². The van der Waals surface area contributed by atoms with Crippen LogP contribution in [0.2, 0.25) is 0 Å². The van der Waals surface area contributed by atoms with Crippen molar-refractivity contribution >= 4 is 40.1 Å². The van der Waals surface area contributed by atoms with Gasteiger partial charge in [-0.05, 0) is 54.5 Å². The van der Waals surface area contributed by atoms with Crippen LogP contribution in [0.5, 0.6) is 5.75 Å². The van der Waals surface area contributed by atoms with Crippen LogP contribution in [0, 0.1) is 5.41 Å². The molecule has 1 atom stereocenters. The third-order valence-electron chi connectivity index (χ3n) is 7.84. The van der Waals surface area contributed by atoms with Gasteiger partial charge in [-0.25, -0.2) is 14.6 Å². The minimum atomic E-state index is -0.409. The molecule has 4 amide bonds. The van der Waals surface area contributed by atoms with Crippen molar-refractivity contribution < 1.29 is 19.4 Å². The number of nitrogens with one attached hydrogen (secondary N) is 4. The summed E-state index contributed by atoms with van der Waals surface area (Å²) in [6.45, 7) is 8.32. The molecule has 5 N–H and O–H groups in total. The Kier molecular flexibility index (Phi) is 9.72. The zero-order chi connectivity index (χ0) is 32.8. The van der Waals surface area contributed by atoms with Crippen molar-refractivity contribution in [2.75, 3.05) is 17.4 Å². The van der Waals surface area contributed by atoms with Gasteiger partial charge >= 0.3 is 12.1 Å². The van der Waals surface area contributed by atoms with E-state index < -0.39 is 6.17 Å². The minimum Gasteiger partial charge on any atom is -0.455 e. The number of nitrogens with zero attached hydrogens (tertiary/aromatic N) is 3. The van der Waals surface area contributed by atoms with E-state index in [2.05, 4.69) is 53.9 Å². The normalized spacial score (nSPS) is 16.5. The molecule has 2 aliphatic rings. The van der Waals surface area contributed by atoms with E-state index in [-0.39, 0.29) is 24.1 Å². The zero-order valence-corrected chi connectivity index (χ0v) is 26.8. The molecule has 11 nitrogen and oxygen atoms in total. The molecule has 240 valence electrons. The van der Waals surface area contributed by atoms with Crippen molar-refractivity contribution in [1.29, 1.82) is 0 Å². The van der Waals surface area contributed by atoms with Gasteiger partial charge in [-0.1, -0.05) is 51.5 Å². The molecule has 1 aromatic heterocycles. The molecule has 5 rings (SSSR count). The Morgan fingerprint density at radius 2 is 1.83 bits per heavy atom. The third kappa shape index (κ3) is 7.55. The van der Waals surface area contributed by atoms with E-state index in [1.54, 1.807) is 37.5 Å². The van der Waals surface area contributed by atoms with Crippen molar-refractivity contribution in [1.82, 2.24) is 20.9 Å². The number of anilines is 2. The molecule has 0 saturated carbocycles. The quantitative estimate of drug-likeness (QED) is 0.199. The zero-order valence-electron chi connectivity index (χ0n) is 26.8. The van der Waals surface area contributed by atoms with E-state index in [4.69, 9.17) is 9.84 Å². The summed E-state index contributed by atoms with van der Waals surface area (Å²) in [7, 11) is 1.57.